The van der Waals surface area contributed by atoms with E-state index in [9.17, 15) is 0 Å². The molecule has 6 nitrogen and oxygen atoms in total. The minimum absolute atomic E-state index is 0.582. The van der Waals surface area contributed by atoms with Gasteiger partial charge in [-0.1, -0.05) is 23.4 Å². The van der Waals surface area contributed by atoms with Gasteiger partial charge in [-0.25, -0.2) is 4.68 Å². The lowest BCUT2D eigenvalue weighted by Crippen LogP contribution is -2.03. The molecule has 0 fully saturated rings. The lowest BCUT2D eigenvalue weighted by atomic mass is 10.3. The fourth-order valence-electron chi connectivity index (χ4n) is 1.70. The highest BCUT2D eigenvalue weighted by Gasteiger charge is 2.08. The lowest BCUT2D eigenvalue weighted by Gasteiger charge is -1.97. The maximum Gasteiger partial charge on any atom is 0.108 e. The highest BCUT2D eigenvalue weighted by Crippen LogP contribution is 2.08. The molecule has 0 spiro atoms. The zero-order valence-electron chi connectivity index (χ0n) is 9.93. The monoisotopic (exact) mass is 240 g/mol. The van der Waals surface area contributed by atoms with Crippen LogP contribution in [0.15, 0.2) is 42.7 Å². The summed E-state index contributed by atoms with van der Waals surface area (Å²) in [6.07, 6.45) is 3.46. The number of para-hydroxylation sites is 1. The number of benzene rings is 1. The average Bonchev–Trinajstić information content (AvgIpc) is 3.02. The van der Waals surface area contributed by atoms with Crippen LogP contribution in [0.2, 0.25) is 0 Å². The minimum atomic E-state index is 0.582. The molecule has 0 N–H and O–H groups in total. The van der Waals surface area contributed by atoms with Gasteiger partial charge in [-0.2, -0.15) is 15.0 Å². The normalized spacial score (nSPS) is 10.7. The molecule has 0 saturated carbocycles. The highest BCUT2D eigenvalue weighted by atomic mass is 15.5. The van der Waals surface area contributed by atoms with Crippen LogP contribution in [0.1, 0.15) is 11.4 Å². The summed E-state index contributed by atoms with van der Waals surface area (Å²) in [5.41, 5.74) is 2.74. The highest BCUT2D eigenvalue weighted by molar-refractivity contribution is 5.29. The fourth-order valence-corrected chi connectivity index (χ4v) is 1.70. The molecular weight excluding hydrogens is 228 g/mol. The molecule has 0 aliphatic carbocycles. The van der Waals surface area contributed by atoms with Crippen LogP contribution in [0.3, 0.4) is 0 Å². The summed E-state index contributed by atoms with van der Waals surface area (Å²) in [5.74, 6) is 0. The molecule has 0 saturated heterocycles. The van der Waals surface area contributed by atoms with Crippen molar-refractivity contribution in [3.63, 3.8) is 0 Å². The molecule has 18 heavy (non-hydrogen) atoms. The van der Waals surface area contributed by atoms with Crippen LogP contribution in [0, 0.1) is 6.92 Å². The van der Waals surface area contributed by atoms with Gasteiger partial charge in [-0.15, -0.1) is 5.10 Å². The Morgan fingerprint density at radius 1 is 1.11 bits per heavy atom. The number of hydrogen-bond acceptors (Lipinski definition) is 4. The molecule has 0 aliphatic heterocycles. The van der Waals surface area contributed by atoms with Gasteiger partial charge >= 0.3 is 0 Å². The van der Waals surface area contributed by atoms with E-state index in [1.807, 2.05) is 37.3 Å². The van der Waals surface area contributed by atoms with Crippen molar-refractivity contribution in [3.8, 4) is 5.69 Å². The second-order valence-corrected chi connectivity index (χ2v) is 3.96. The smallest absolute Gasteiger partial charge is 0.108 e. The van der Waals surface area contributed by atoms with Crippen LogP contribution >= 0.6 is 0 Å². The summed E-state index contributed by atoms with van der Waals surface area (Å²) < 4.78 is 1.73. The third-order valence-corrected chi connectivity index (χ3v) is 2.65. The Morgan fingerprint density at radius 3 is 2.67 bits per heavy atom. The van der Waals surface area contributed by atoms with Crippen molar-refractivity contribution < 1.29 is 0 Å². The number of nitrogens with zero attached hydrogens (tertiary/aromatic N) is 6. The van der Waals surface area contributed by atoms with Gasteiger partial charge in [0.2, 0.25) is 0 Å². The maximum absolute atomic E-state index is 4.47. The molecule has 6 heteroatoms. The van der Waals surface area contributed by atoms with Crippen LogP contribution in [0.5, 0.6) is 0 Å². The van der Waals surface area contributed by atoms with E-state index in [0.29, 0.717) is 6.54 Å². The molecule has 3 rings (SSSR count). The molecule has 2 heterocycles. The zero-order valence-corrected chi connectivity index (χ0v) is 9.93. The molecule has 0 aliphatic rings. The van der Waals surface area contributed by atoms with E-state index >= 15 is 0 Å². The Balaban J connectivity index is 1.91. The van der Waals surface area contributed by atoms with Gasteiger partial charge in [-0.3, -0.25) is 0 Å². The summed E-state index contributed by atoms with van der Waals surface area (Å²) in [7, 11) is 0. The Labute approximate surface area is 104 Å². The zero-order chi connectivity index (χ0) is 12.4. The SMILES string of the molecule is Cc1nn(-c2ccccc2)nc1Cn1ccnn1. The first-order valence-corrected chi connectivity index (χ1v) is 5.65. The molecule has 0 bridgehead atoms. The number of aryl methyl sites for hydroxylation is 1. The van der Waals surface area contributed by atoms with E-state index in [4.69, 9.17) is 0 Å². The van der Waals surface area contributed by atoms with Gasteiger partial charge in [0.05, 0.1) is 24.1 Å². The van der Waals surface area contributed by atoms with E-state index < -0.39 is 0 Å². The van der Waals surface area contributed by atoms with Crippen molar-refractivity contribution >= 4 is 0 Å². The number of aromatic nitrogens is 6. The molecule has 2 aromatic heterocycles. The lowest BCUT2D eigenvalue weighted by molar-refractivity contribution is 0.628. The maximum atomic E-state index is 4.47. The van der Waals surface area contributed by atoms with Gasteiger partial charge in [0, 0.05) is 6.20 Å². The van der Waals surface area contributed by atoms with Gasteiger partial charge < -0.3 is 0 Å². The average molecular weight is 240 g/mol. The van der Waals surface area contributed by atoms with Gasteiger partial charge in [0.25, 0.3) is 0 Å². The van der Waals surface area contributed by atoms with Crippen molar-refractivity contribution in [2.75, 3.05) is 0 Å². The largest absolute Gasteiger partial charge is 0.246 e. The van der Waals surface area contributed by atoms with Crippen LogP contribution in [-0.4, -0.2) is 30.0 Å². The standard InChI is InChI=1S/C12H12N6/c1-10-12(9-17-8-7-13-16-17)15-18(14-10)11-5-3-2-4-6-11/h2-8H,9H2,1H3. The fraction of sp³-hybridized carbons (Fsp3) is 0.167. The van der Waals surface area contributed by atoms with E-state index in [0.717, 1.165) is 17.1 Å². The van der Waals surface area contributed by atoms with Crippen LogP contribution < -0.4 is 0 Å². The van der Waals surface area contributed by atoms with Crippen molar-refractivity contribution in [2.24, 2.45) is 0 Å². The van der Waals surface area contributed by atoms with Gasteiger partial charge in [-0.05, 0) is 19.1 Å². The molecular formula is C12H12N6. The Kier molecular flexibility index (Phi) is 2.60. The Bertz CT molecular complexity index is 626. The van der Waals surface area contributed by atoms with Crippen molar-refractivity contribution in [2.45, 2.75) is 13.5 Å². The third-order valence-electron chi connectivity index (χ3n) is 2.65. The molecule has 1 aromatic carbocycles. The second-order valence-electron chi connectivity index (χ2n) is 3.96. The molecule has 0 radical (unpaired) electrons. The van der Waals surface area contributed by atoms with Crippen molar-refractivity contribution in [1.82, 2.24) is 30.0 Å². The first-order chi connectivity index (χ1) is 8.83. The molecule has 90 valence electrons. The Hall–Kier alpha value is -2.50. The summed E-state index contributed by atoms with van der Waals surface area (Å²) in [4.78, 5) is 1.64. The third kappa shape index (κ3) is 2.00. The predicted octanol–water partition coefficient (Wildman–Crippen LogP) is 1.22. The van der Waals surface area contributed by atoms with E-state index in [1.165, 1.54) is 0 Å². The van der Waals surface area contributed by atoms with Crippen LogP contribution in [0.4, 0.5) is 0 Å². The summed E-state index contributed by atoms with van der Waals surface area (Å²) in [5, 5.41) is 16.6. The molecule has 0 unspecified atom stereocenters. The first-order valence-electron chi connectivity index (χ1n) is 5.65. The van der Waals surface area contributed by atoms with Crippen molar-refractivity contribution in [1.29, 1.82) is 0 Å². The van der Waals surface area contributed by atoms with E-state index in [2.05, 4.69) is 20.5 Å². The van der Waals surface area contributed by atoms with Gasteiger partial charge in [0.1, 0.15) is 5.69 Å². The summed E-state index contributed by atoms with van der Waals surface area (Å²) in [6, 6.07) is 9.84. The molecule has 0 atom stereocenters. The van der Waals surface area contributed by atoms with Gasteiger partial charge in [0.15, 0.2) is 0 Å². The summed E-state index contributed by atoms with van der Waals surface area (Å²) in [6.45, 7) is 2.53. The topological polar surface area (TPSA) is 61.4 Å². The Morgan fingerprint density at radius 2 is 1.94 bits per heavy atom. The number of rotatable bonds is 3. The molecule has 3 aromatic rings. The van der Waals surface area contributed by atoms with Crippen LogP contribution in [-0.2, 0) is 6.54 Å². The van der Waals surface area contributed by atoms with Crippen LogP contribution in [0.25, 0.3) is 5.69 Å². The first kappa shape index (κ1) is 10.6. The quantitative estimate of drug-likeness (QED) is 0.690. The minimum Gasteiger partial charge on any atom is -0.246 e. The molecule has 0 amide bonds. The van der Waals surface area contributed by atoms with Crippen molar-refractivity contribution in [3.05, 3.63) is 54.1 Å². The van der Waals surface area contributed by atoms with E-state index in [1.54, 1.807) is 21.9 Å². The number of hydrogen-bond donors (Lipinski definition) is 0. The second kappa shape index (κ2) is 4.40. The predicted molar refractivity (Wildman–Crippen MR) is 65.2 cm³/mol. The van der Waals surface area contributed by atoms with E-state index in [-0.39, 0.29) is 0 Å². The summed E-state index contributed by atoms with van der Waals surface area (Å²) >= 11 is 0.